The molecule has 0 radical (unpaired) electrons. The van der Waals surface area contributed by atoms with Crippen molar-refractivity contribution in [2.24, 2.45) is 5.92 Å². The average molecular weight is 174 g/mol. The predicted octanol–water partition coefficient (Wildman–Crippen LogP) is 4.01. The number of hydrogen-bond acceptors (Lipinski definition) is 0. The summed E-state index contributed by atoms with van der Waals surface area (Å²) in [5, 5.41) is 0. The Bertz CT molecular complexity index is 243. The monoisotopic (exact) mass is 174 g/mol. The van der Waals surface area contributed by atoms with Crippen LogP contribution in [0.5, 0.6) is 0 Å². The molecule has 0 saturated heterocycles. The Kier molecular flexibility index (Phi) is 3.02. The molecule has 2 aliphatic rings. The van der Waals surface area contributed by atoms with Gasteiger partial charge < -0.3 is 0 Å². The summed E-state index contributed by atoms with van der Waals surface area (Å²) >= 11 is 0. The minimum Gasteiger partial charge on any atom is -0.0879 e. The molecule has 70 valence electrons. The minimum absolute atomic E-state index is 0.766. The zero-order valence-electron chi connectivity index (χ0n) is 8.21. The van der Waals surface area contributed by atoms with Crippen LogP contribution in [0, 0.1) is 5.92 Å². The molecule has 0 heterocycles. The van der Waals surface area contributed by atoms with Crippen LogP contribution in [0.15, 0.2) is 36.0 Å². The van der Waals surface area contributed by atoms with Gasteiger partial charge in [-0.15, -0.1) is 0 Å². The number of allylic oxidation sites excluding steroid dienone is 6. The van der Waals surface area contributed by atoms with E-state index >= 15 is 0 Å². The molecule has 0 spiro atoms. The highest BCUT2D eigenvalue weighted by molar-refractivity contribution is 5.22. The third-order valence-corrected chi connectivity index (χ3v) is 3.02. The topological polar surface area (TPSA) is 0 Å². The maximum Gasteiger partial charge on any atom is -0.00172 e. The molecule has 0 fully saturated rings. The van der Waals surface area contributed by atoms with Crippen LogP contribution in [0.25, 0.3) is 0 Å². The molecule has 0 aliphatic heterocycles. The fourth-order valence-electron chi connectivity index (χ4n) is 2.21. The van der Waals surface area contributed by atoms with E-state index in [1.54, 1.807) is 5.57 Å². The minimum atomic E-state index is 0.766. The molecule has 0 saturated carbocycles. The van der Waals surface area contributed by atoms with Crippen molar-refractivity contribution in [1.29, 1.82) is 0 Å². The first kappa shape index (κ1) is 8.80. The zero-order valence-corrected chi connectivity index (χ0v) is 8.21. The number of rotatable bonds is 1. The van der Waals surface area contributed by atoms with Crippen molar-refractivity contribution in [2.45, 2.75) is 38.5 Å². The van der Waals surface area contributed by atoms with Gasteiger partial charge >= 0.3 is 0 Å². The number of hydrogen-bond donors (Lipinski definition) is 0. The van der Waals surface area contributed by atoms with Crippen molar-refractivity contribution in [3.8, 4) is 0 Å². The van der Waals surface area contributed by atoms with E-state index in [9.17, 15) is 0 Å². The second-order valence-electron chi connectivity index (χ2n) is 4.03. The van der Waals surface area contributed by atoms with Gasteiger partial charge in [0.15, 0.2) is 0 Å². The van der Waals surface area contributed by atoms with Gasteiger partial charge in [-0.2, -0.15) is 0 Å². The summed E-state index contributed by atoms with van der Waals surface area (Å²) < 4.78 is 0. The lowest BCUT2D eigenvalue weighted by molar-refractivity contribution is 0.645. The van der Waals surface area contributed by atoms with Crippen molar-refractivity contribution in [1.82, 2.24) is 0 Å². The van der Waals surface area contributed by atoms with E-state index in [-0.39, 0.29) is 0 Å². The second kappa shape index (κ2) is 4.45. The molecule has 0 N–H and O–H groups in total. The molecule has 13 heavy (non-hydrogen) atoms. The molecule has 0 bridgehead atoms. The van der Waals surface area contributed by atoms with E-state index in [1.165, 1.54) is 38.5 Å². The van der Waals surface area contributed by atoms with Crippen LogP contribution in [-0.2, 0) is 0 Å². The third kappa shape index (κ3) is 2.33. The SMILES string of the molecule is C1=CCCCCC(C2C=CCC2)=C1. The molecule has 0 heteroatoms. The fourth-order valence-corrected chi connectivity index (χ4v) is 2.21. The molecule has 0 amide bonds. The Hall–Kier alpha value is -0.780. The maximum atomic E-state index is 2.39. The maximum absolute atomic E-state index is 2.39. The van der Waals surface area contributed by atoms with Crippen molar-refractivity contribution in [3.05, 3.63) is 36.0 Å². The lowest BCUT2D eigenvalue weighted by Crippen LogP contribution is -1.98. The summed E-state index contributed by atoms with van der Waals surface area (Å²) in [5.74, 6) is 0.766. The van der Waals surface area contributed by atoms with Crippen molar-refractivity contribution >= 4 is 0 Å². The van der Waals surface area contributed by atoms with E-state index < -0.39 is 0 Å². The molecule has 0 aromatic rings. The normalized spacial score (nSPS) is 28.3. The highest BCUT2D eigenvalue weighted by atomic mass is 14.2. The Morgan fingerprint density at radius 3 is 2.92 bits per heavy atom. The summed E-state index contributed by atoms with van der Waals surface area (Å²) in [7, 11) is 0. The molecule has 2 aliphatic carbocycles. The van der Waals surface area contributed by atoms with E-state index in [2.05, 4.69) is 30.4 Å². The molecule has 0 aromatic carbocycles. The Morgan fingerprint density at radius 1 is 1.08 bits per heavy atom. The van der Waals surface area contributed by atoms with Crippen LogP contribution in [0.4, 0.5) is 0 Å². The summed E-state index contributed by atoms with van der Waals surface area (Å²) in [6.45, 7) is 0. The lowest BCUT2D eigenvalue weighted by Gasteiger charge is -2.13. The molecular weight excluding hydrogens is 156 g/mol. The first-order chi connectivity index (χ1) is 6.47. The summed E-state index contributed by atoms with van der Waals surface area (Å²) in [4.78, 5) is 0. The van der Waals surface area contributed by atoms with Crippen LogP contribution in [0.1, 0.15) is 38.5 Å². The first-order valence-electron chi connectivity index (χ1n) is 5.49. The van der Waals surface area contributed by atoms with Crippen LogP contribution >= 0.6 is 0 Å². The zero-order chi connectivity index (χ0) is 8.93. The Balaban J connectivity index is 2.05. The second-order valence-corrected chi connectivity index (χ2v) is 4.03. The fraction of sp³-hybridized carbons (Fsp3) is 0.538. The van der Waals surface area contributed by atoms with Gasteiger partial charge in [0.25, 0.3) is 0 Å². The van der Waals surface area contributed by atoms with Crippen LogP contribution in [0.3, 0.4) is 0 Å². The van der Waals surface area contributed by atoms with Gasteiger partial charge in [0, 0.05) is 0 Å². The predicted molar refractivity (Wildman–Crippen MR) is 57.6 cm³/mol. The van der Waals surface area contributed by atoms with Gasteiger partial charge in [-0.3, -0.25) is 0 Å². The van der Waals surface area contributed by atoms with Crippen molar-refractivity contribution in [2.75, 3.05) is 0 Å². The van der Waals surface area contributed by atoms with Gasteiger partial charge in [0.1, 0.15) is 0 Å². The van der Waals surface area contributed by atoms with Gasteiger partial charge in [-0.1, -0.05) is 36.0 Å². The van der Waals surface area contributed by atoms with Gasteiger partial charge in [0.2, 0.25) is 0 Å². The summed E-state index contributed by atoms with van der Waals surface area (Å²) in [6.07, 6.45) is 19.6. The average Bonchev–Trinajstić information content (AvgIpc) is 2.55. The van der Waals surface area contributed by atoms with Gasteiger partial charge in [-0.05, 0) is 44.4 Å². The van der Waals surface area contributed by atoms with E-state index in [0.717, 1.165) is 5.92 Å². The molecule has 2 rings (SSSR count). The van der Waals surface area contributed by atoms with E-state index in [1.807, 2.05) is 0 Å². The van der Waals surface area contributed by atoms with E-state index in [0.29, 0.717) is 0 Å². The van der Waals surface area contributed by atoms with Gasteiger partial charge in [-0.25, -0.2) is 0 Å². The highest BCUT2D eigenvalue weighted by Gasteiger charge is 2.13. The van der Waals surface area contributed by atoms with Crippen LogP contribution < -0.4 is 0 Å². The van der Waals surface area contributed by atoms with Gasteiger partial charge in [0.05, 0.1) is 0 Å². The Labute approximate surface area is 81.0 Å². The Morgan fingerprint density at radius 2 is 2.08 bits per heavy atom. The molecule has 1 unspecified atom stereocenters. The van der Waals surface area contributed by atoms with Crippen LogP contribution in [0.2, 0.25) is 0 Å². The summed E-state index contributed by atoms with van der Waals surface area (Å²) in [6, 6.07) is 0. The largest absolute Gasteiger partial charge is 0.0879 e. The molecule has 1 atom stereocenters. The quantitative estimate of drug-likeness (QED) is 0.527. The molecule has 0 nitrogen and oxygen atoms in total. The lowest BCUT2D eigenvalue weighted by atomic mass is 9.92. The van der Waals surface area contributed by atoms with Crippen LogP contribution in [-0.4, -0.2) is 0 Å². The first-order valence-corrected chi connectivity index (χ1v) is 5.49. The van der Waals surface area contributed by atoms with E-state index in [4.69, 9.17) is 0 Å². The van der Waals surface area contributed by atoms with Crippen molar-refractivity contribution in [3.63, 3.8) is 0 Å². The molecular formula is C13H18. The highest BCUT2D eigenvalue weighted by Crippen LogP contribution is 2.29. The standard InChI is InChI=1S/C13H18/c1-2-4-8-12(9-5-3-1)13-10-6-7-11-13/h2,4,6,8,10,13H,1,3,5,7,9,11H2. The smallest absolute Gasteiger partial charge is 0.00172 e. The van der Waals surface area contributed by atoms with Crippen molar-refractivity contribution < 1.29 is 0 Å². The summed E-state index contributed by atoms with van der Waals surface area (Å²) in [5.41, 5.74) is 1.66. The molecule has 0 aromatic heterocycles. The third-order valence-electron chi connectivity index (χ3n) is 3.02.